The molecule has 1 amide bonds. The molecule has 2 aromatic carbocycles. The molecule has 0 radical (unpaired) electrons. The minimum Gasteiger partial charge on any atom is -0.323 e. The van der Waals surface area contributed by atoms with Crippen molar-refractivity contribution in [3.05, 3.63) is 76.2 Å². The molecule has 138 valence electrons. The number of rotatable bonds is 6. The number of carbonyl (C=O) groups is 1. The van der Waals surface area contributed by atoms with Crippen LogP contribution in [0.5, 0.6) is 0 Å². The second-order valence-electron chi connectivity index (χ2n) is 5.31. The van der Waals surface area contributed by atoms with Crippen LogP contribution < -0.4 is 10.0 Å². The largest absolute Gasteiger partial charge is 0.323 e. The monoisotopic (exact) mass is 463 g/mol. The fourth-order valence-corrected chi connectivity index (χ4v) is 4.33. The van der Waals surface area contributed by atoms with Gasteiger partial charge in [0.05, 0.1) is 4.90 Å². The lowest BCUT2D eigenvalue weighted by Crippen LogP contribution is -2.13. The first-order valence-electron chi connectivity index (χ1n) is 7.70. The van der Waals surface area contributed by atoms with Crippen molar-refractivity contribution in [3.8, 4) is 0 Å². The molecule has 9 heteroatoms. The number of nitrogens with zero attached hydrogens (tertiary/aromatic N) is 1. The van der Waals surface area contributed by atoms with Crippen molar-refractivity contribution in [2.24, 2.45) is 0 Å². The first kappa shape index (κ1) is 19.3. The average Bonchev–Trinajstić information content (AvgIpc) is 3.14. The molecular weight excluding hydrogens is 450 g/mol. The Bertz CT molecular complexity index is 1060. The topological polar surface area (TPSA) is 88.2 Å². The Morgan fingerprint density at radius 1 is 1.11 bits per heavy atom. The van der Waals surface area contributed by atoms with E-state index >= 15 is 0 Å². The quantitative estimate of drug-likeness (QED) is 0.531. The molecule has 1 aromatic heterocycles. The van der Waals surface area contributed by atoms with E-state index in [2.05, 4.69) is 31.0 Å². The van der Waals surface area contributed by atoms with Crippen molar-refractivity contribution in [2.45, 2.75) is 4.90 Å². The Hall–Kier alpha value is -2.49. The first-order valence-corrected chi connectivity index (χ1v) is 10.9. The van der Waals surface area contributed by atoms with Crippen LogP contribution >= 0.6 is 27.3 Å². The van der Waals surface area contributed by atoms with Gasteiger partial charge in [-0.05, 0) is 42.0 Å². The van der Waals surface area contributed by atoms with Crippen molar-refractivity contribution in [1.29, 1.82) is 0 Å². The number of sulfonamides is 1. The number of benzene rings is 2. The number of aromatic nitrogens is 1. The summed E-state index contributed by atoms with van der Waals surface area (Å²) in [6.07, 6.45) is 4.62. The maximum absolute atomic E-state index is 12.3. The van der Waals surface area contributed by atoms with Crippen LogP contribution in [0.15, 0.2) is 75.6 Å². The highest BCUT2D eigenvalue weighted by molar-refractivity contribution is 9.10. The highest BCUT2D eigenvalue weighted by Gasteiger charge is 2.15. The molecule has 0 aliphatic carbocycles. The Balaban J connectivity index is 1.65. The molecular formula is C18H14BrN3O3S2. The molecule has 0 saturated heterocycles. The van der Waals surface area contributed by atoms with Crippen LogP contribution in [0, 0.1) is 0 Å². The van der Waals surface area contributed by atoms with Gasteiger partial charge >= 0.3 is 0 Å². The van der Waals surface area contributed by atoms with E-state index in [0.717, 1.165) is 10.0 Å². The van der Waals surface area contributed by atoms with Crippen molar-refractivity contribution < 1.29 is 13.2 Å². The first-order chi connectivity index (χ1) is 12.9. The maximum atomic E-state index is 12.3. The highest BCUT2D eigenvalue weighted by Crippen LogP contribution is 2.20. The summed E-state index contributed by atoms with van der Waals surface area (Å²) in [4.78, 5) is 16.0. The molecule has 0 spiro atoms. The van der Waals surface area contributed by atoms with Crippen LogP contribution in [0.3, 0.4) is 0 Å². The summed E-state index contributed by atoms with van der Waals surface area (Å²) >= 11 is 4.60. The summed E-state index contributed by atoms with van der Waals surface area (Å²) in [5.41, 5.74) is 1.37. The van der Waals surface area contributed by atoms with E-state index in [4.69, 9.17) is 0 Å². The fraction of sp³-hybridized carbons (Fsp3) is 0. The minimum atomic E-state index is -3.71. The van der Waals surface area contributed by atoms with Crippen molar-refractivity contribution in [1.82, 2.24) is 4.98 Å². The van der Waals surface area contributed by atoms with Gasteiger partial charge in [0.15, 0.2) is 5.13 Å². The van der Waals surface area contributed by atoms with E-state index in [1.807, 2.05) is 24.3 Å². The van der Waals surface area contributed by atoms with E-state index < -0.39 is 10.0 Å². The Morgan fingerprint density at radius 2 is 1.85 bits per heavy atom. The third-order valence-electron chi connectivity index (χ3n) is 3.41. The normalized spacial score (nSPS) is 11.4. The fourth-order valence-electron chi connectivity index (χ4n) is 2.12. The van der Waals surface area contributed by atoms with Gasteiger partial charge in [-0.15, -0.1) is 11.3 Å². The van der Waals surface area contributed by atoms with Gasteiger partial charge in [0, 0.05) is 27.8 Å². The lowest BCUT2D eigenvalue weighted by molar-refractivity contribution is -0.111. The zero-order chi connectivity index (χ0) is 19.3. The summed E-state index contributed by atoms with van der Waals surface area (Å²) in [7, 11) is -3.71. The summed E-state index contributed by atoms with van der Waals surface area (Å²) < 4.78 is 27.8. The van der Waals surface area contributed by atoms with Crippen molar-refractivity contribution in [2.75, 3.05) is 10.0 Å². The second-order valence-corrected chi connectivity index (χ2v) is 8.74. The van der Waals surface area contributed by atoms with E-state index in [0.29, 0.717) is 10.8 Å². The van der Waals surface area contributed by atoms with Gasteiger partial charge in [-0.2, -0.15) is 0 Å². The number of nitrogens with one attached hydrogen (secondary N) is 2. The van der Waals surface area contributed by atoms with Crippen molar-refractivity contribution in [3.63, 3.8) is 0 Å². The summed E-state index contributed by atoms with van der Waals surface area (Å²) in [5, 5.41) is 4.66. The third-order valence-corrected chi connectivity index (χ3v) is 6.30. The third kappa shape index (κ3) is 5.25. The molecule has 2 N–H and O–H groups in total. The number of hydrogen-bond donors (Lipinski definition) is 2. The van der Waals surface area contributed by atoms with E-state index in [-0.39, 0.29) is 10.8 Å². The predicted molar refractivity (Wildman–Crippen MR) is 111 cm³/mol. The van der Waals surface area contributed by atoms with Crippen molar-refractivity contribution >= 4 is 60.1 Å². The second kappa shape index (κ2) is 8.47. The van der Waals surface area contributed by atoms with Crippen LogP contribution in [0.25, 0.3) is 6.08 Å². The number of anilines is 2. The standard InChI is InChI=1S/C18H14BrN3O3S2/c19-16-4-2-1-3-13(16)5-10-17(23)21-14-6-8-15(9-7-14)27(24,25)22-18-20-11-12-26-18/h1-12H,(H,20,22)(H,21,23)/b10-5+. The molecule has 0 bridgehead atoms. The van der Waals surface area contributed by atoms with E-state index in [9.17, 15) is 13.2 Å². The van der Waals surface area contributed by atoms with Crippen LogP contribution in [-0.4, -0.2) is 19.3 Å². The average molecular weight is 464 g/mol. The molecule has 0 saturated carbocycles. The van der Waals surface area contributed by atoms with Crippen LogP contribution in [-0.2, 0) is 14.8 Å². The smallest absolute Gasteiger partial charge is 0.263 e. The summed E-state index contributed by atoms with van der Waals surface area (Å²) in [6.45, 7) is 0. The molecule has 0 aliphatic heterocycles. The van der Waals surface area contributed by atoms with Gasteiger partial charge in [-0.3, -0.25) is 9.52 Å². The van der Waals surface area contributed by atoms with Gasteiger partial charge in [0.2, 0.25) is 5.91 Å². The predicted octanol–water partition coefficient (Wildman–Crippen LogP) is 4.36. The molecule has 3 aromatic rings. The lowest BCUT2D eigenvalue weighted by atomic mass is 10.2. The van der Waals surface area contributed by atoms with Crippen LogP contribution in [0.2, 0.25) is 0 Å². The number of thiazole rings is 1. The van der Waals surface area contributed by atoms with Gasteiger partial charge in [0.1, 0.15) is 0 Å². The number of hydrogen-bond acceptors (Lipinski definition) is 5. The Kier molecular flexibility index (Phi) is 6.04. The molecule has 0 atom stereocenters. The van der Waals surface area contributed by atoms with Gasteiger partial charge in [0.25, 0.3) is 10.0 Å². The number of halogens is 1. The Morgan fingerprint density at radius 3 is 2.52 bits per heavy atom. The van der Waals surface area contributed by atoms with Gasteiger partial charge < -0.3 is 5.32 Å². The van der Waals surface area contributed by atoms with Gasteiger partial charge in [-0.25, -0.2) is 13.4 Å². The molecule has 0 unspecified atom stereocenters. The SMILES string of the molecule is O=C(/C=C/c1ccccc1Br)Nc1ccc(S(=O)(=O)Nc2nccs2)cc1. The number of amides is 1. The van der Waals surface area contributed by atoms with Crippen LogP contribution in [0.1, 0.15) is 5.56 Å². The zero-order valence-corrected chi connectivity index (χ0v) is 17.0. The molecule has 1 heterocycles. The maximum Gasteiger partial charge on any atom is 0.263 e. The number of carbonyl (C=O) groups excluding carboxylic acids is 1. The highest BCUT2D eigenvalue weighted by atomic mass is 79.9. The zero-order valence-electron chi connectivity index (χ0n) is 13.8. The molecule has 6 nitrogen and oxygen atoms in total. The molecule has 0 aliphatic rings. The Labute approximate surface area is 169 Å². The summed E-state index contributed by atoms with van der Waals surface area (Å²) in [5.74, 6) is -0.317. The van der Waals surface area contributed by atoms with Crippen LogP contribution in [0.4, 0.5) is 10.8 Å². The van der Waals surface area contributed by atoms with Gasteiger partial charge in [-0.1, -0.05) is 34.1 Å². The van der Waals surface area contributed by atoms with E-state index in [1.54, 1.807) is 11.5 Å². The molecule has 0 fully saturated rings. The molecule has 27 heavy (non-hydrogen) atoms. The lowest BCUT2D eigenvalue weighted by Gasteiger charge is -2.07. The minimum absolute atomic E-state index is 0.0828. The summed E-state index contributed by atoms with van der Waals surface area (Å²) in [6, 6.07) is 13.4. The van der Waals surface area contributed by atoms with E-state index in [1.165, 1.54) is 47.9 Å². The molecule has 3 rings (SSSR count).